The van der Waals surface area contributed by atoms with Crippen LogP contribution in [0, 0.1) is 0 Å². The van der Waals surface area contributed by atoms with Gasteiger partial charge in [-0.15, -0.1) is 6.58 Å². The zero-order chi connectivity index (χ0) is 16.6. The molecule has 1 rings (SSSR count). The first-order valence-corrected chi connectivity index (χ1v) is 8.23. The first kappa shape index (κ1) is 17.7. The van der Waals surface area contributed by atoms with Crippen LogP contribution in [-0.4, -0.2) is 32.5 Å². The van der Waals surface area contributed by atoms with Crippen LogP contribution in [0.1, 0.15) is 13.3 Å². The highest BCUT2D eigenvalue weighted by Crippen LogP contribution is 2.16. The lowest BCUT2D eigenvalue weighted by Gasteiger charge is -2.09. The summed E-state index contributed by atoms with van der Waals surface area (Å²) >= 11 is 0. The number of hydrogen-bond acceptors (Lipinski definition) is 4. The number of rotatable bonds is 8. The molecule has 0 saturated heterocycles. The number of benzene rings is 1. The lowest BCUT2D eigenvalue weighted by atomic mass is 10.3. The molecule has 1 aromatic carbocycles. The second-order valence-corrected chi connectivity index (χ2v) is 6.37. The fourth-order valence-electron chi connectivity index (χ4n) is 1.60. The zero-order valence-electron chi connectivity index (χ0n) is 12.3. The predicted octanol–water partition coefficient (Wildman–Crippen LogP) is 1.08. The van der Waals surface area contributed by atoms with Gasteiger partial charge in [0.05, 0.1) is 11.4 Å². The molecule has 0 unspecified atom stereocenters. The zero-order valence-corrected chi connectivity index (χ0v) is 13.1. The molecule has 0 fully saturated rings. The number of carbonyl (C=O) groups excluding carboxylic acids is 2. The summed E-state index contributed by atoms with van der Waals surface area (Å²) in [5, 5.41) is 5.06. The minimum atomic E-state index is -3.65. The number of carbonyl (C=O) groups is 2. The van der Waals surface area contributed by atoms with Crippen LogP contribution in [0.5, 0.6) is 0 Å². The molecule has 0 aliphatic carbocycles. The first-order chi connectivity index (χ1) is 10.3. The highest BCUT2D eigenvalue weighted by molar-refractivity contribution is 7.92. The van der Waals surface area contributed by atoms with E-state index in [0.29, 0.717) is 17.9 Å². The topological polar surface area (TPSA) is 104 Å². The Balaban J connectivity index is 2.62. The number of nitrogens with one attached hydrogen (secondary N) is 3. The SMILES string of the molecule is C=CCNC(=O)CCS(=O)(=O)Nc1cccc(NC(C)=O)c1. The molecule has 3 N–H and O–H groups in total. The molecule has 2 amide bonds. The van der Waals surface area contributed by atoms with Crippen molar-refractivity contribution in [2.24, 2.45) is 0 Å². The number of anilines is 2. The van der Waals surface area contributed by atoms with Crippen molar-refractivity contribution in [1.82, 2.24) is 5.32 Å². The Morgan fingerprint density at radius 2 is 1.95 bits per heavy atom. The van der Waals surface area contributed by atoms with Gasteiger partial charge in [-0.25, -0.2) is 8.42 Å². The fraction of sp³-hybridized carbons (Fsp3) is 0.286. The Labute approximate surface area is 129 Å². The molecule has 1 aromatic rings. The van der Waals surface area contributed by atoms with E-state index >= 15 is 0 Å². The van der Waals surface area contributed by atoms with Crippen molar-refractivity contribution in [2.75, 3.05) is 22.3 Å². The maximum absolute atomic E-state index is 11.9. The Hall–Kier alpha value is -2.35. The van der Waals surface area contributed by atoms with Gasteiger partial charge < -0.3 is 10.6 Å². The molecular weight excluding hydrogens is 306 g/mol. The lowest BCUT2D eigenvalue weighted by Crippen LogP contribution is -2.27. The van der Waals surface area contributed by atoms with Crippen LogP contribution >= 0.6 is 0 Å². The van der Waals surface area contributed by atoms with Crippen LogP contribution in [-0.2, 0) is 19.6 Å². The fourth-order valence-corrected chi connectivity index (χ4v) is 2.64. The van der Waals surface area contributed by atoms with Crippen molar-refractivity contribution < 1.29 is 18.0 Å². The summed E-state index contributed by atoms with van der Waals surface area (Å²) in [6.45, 7) is 5.11. The first-order valence-electron chi connectivity index (χ1n) is 6.58. The molecule has 22 heavy (non-hydrogen) atoms. The van der Waals surface area contributed by atoms with Crippen LogP contribution in [0.2, 0.25) is 0 Å². The van der Waals surface area contributed by atoms with Gasteiger partial charge in [0.15, 0.2) is 0 Å². The van der Waals surface area contributed by atoms with Gasteiger partial charge in [-0.1, -0.05) is 12.1 Å². The van der Waals surface area contributed by atoms with Gasteiger partial charge in [0.1, 0.15) is 0 Å². The Bertz CT molecular complexity index is 656. The van der Waals surface area contributed by atoms with Gasteiger partial charge in [0, 0.05) is 25.6 Å². The lowest BCUT2D eigenvalue weighted by molar-refractivity contribution is -0.120. The number of hydrogen-bond donors (Lipinski definition) is 3. The molecule has 0 aromatic heterocycles. The van der Waals surface area contributed by atoms with E-state index in [4.69, 9.17) is 0 Å². The van der Waals surface area contributed by atoms with Gasteiger partial charge in [-0.3, -0.25) is 14.3 Å². The highest BCUT2D eigenvalue weighted by atomic mass is 32.2. The van der Waals surface area contributed by atoms with Crippen molar-refractivity contribution in [2.45, 2.75) is 13.3 Å². The second kappa shape index (κ2) is 8.18. The van der Waals surface area contributed by atoms with Gasteiger partial charge in [-0.2, -0.15) is 0 Å². The molecule has 0 bridgehead atoms. The van der Waals surface area contributed by atoms with E-state index in [-0.39, 0.29) is 24.0 Å². The van der Waals surface area contributed by atoms with Crippen LogP contribution in [0.15, 0.2) is 36.9 Å². The largest absolute Gasteiger partial charge is 0.353 e. The Morgan fingerprint density at radius 3 is 2.59 bits per heavy atom. The molecule has 0 atom stereocenters. The smallest absolute Gasteiger partial charge is 0.233 e. The van der Waals surface area contributed by atoms with Crippen molar-refractivity contribution in [3.8, 4) is 0 Å². The van der Waals surface area contributed by atoms with E-state index in [1.807, 2.05) is 0 Å². The van der Waals surface area contributed by atoms with Gasteiger partial charge in [0.2, 0.25) is 21.8 Å². The van der Waals surface area contributed by atoms with E-state index < -0.39 is 10.0 Å². The van der Waals surface area contributed by atoms with Crippen molar-refractivity contribution in [3.05, 3.63) is 36.9 Å². The average molecular weight is 325 g/mol. The maximum Gasteiger partial charge on any atom is 0.233 e. The molecule has 0 saturated carbocycles. The molecule has 0 radical (unpaired) electrons. The Kier molecular flexibility index (Phi) is 6.58. The molecule has 0 heterocycles. The van der Waals surface area contributed by atoms with Crippen LogP contribution in [0.25, 0.3) is 0 Å². The van der Waals surface area contributed by atoms with E-state index in [2.05, 4.69) is 21.9 Å². The minimum Gasteiger partial charge on any atom is -0.353 e. The van der Waals surface area contributed by atoms with E-state index in [0.717, 1.165) is 0 Å². The standard InChI is InChI=1S/C14H19N3O4S/c1-3-8-15-14(19)7-9-22(20,21)17-13-6-4-5-12(10-13)16-11(2)18/h3-6,10,17H,1,7-9H2,2H3,(H,15,19)(H,16,18). The molecule has 0 aliphatic heterocycles. The van der Waals surface area contributed by atoms with Gasteiger partial charge in [-0.05, 0) is 18.2 Å². The third-order valence-electron chi connectivity index (χ3n) is 2.50. The summed E-state index contributed by atoms with van der Waals surface area (Å²) in [6.07, 6.45) is 1.37. The van der Waals surface area contributed by atoms with Gasteiger partial charge >= 0.3 is 0 Å². The molecule has 120 valence electrons. The summed E-state index contributed by atoms with van der Waals surface area (Å²) in [5.74, 6) is -0.948. The summed E-state index contributed by atoms with van der Waals surface area (Å²) in [5.41, 5.74) is 0.800. The molecule has 8 heteroatoms. The van der Waals surface area contributed by atoms with Crippen LogP contribution in [0.3, 0.4) is 0 Å². The van der Waals surface area contributed by atoms with Crippen molar-refractivity contribution >= 4 is 33.2 Å². The van der Waals surface area contributed by atoms with Crippen LogP contribution in [0.4, 0.5) is 11.4 Å². The predicted molar refractivity (Wildman–Crippen MR) is 86.0 cm³/mol. The van der Waals surface area contributed by atoms with E-state index in [1.54, 1.807) is 18.2 Å². The van der Waals surface area contributed by atoms with Crippen molar-refractivity contribution in [3.63, 3.8) is 0 Å². The van der Waals surface area contributed by atoms with E-state index in [9.17, 15) is 18.0 Å². The van der Waals surface area contributed by atoms with E-state index in [1.165, 1.54) is 19.1 Å². The molecule has 7 nitrogen and oxygen atoms in total. The summed E-state index contributed by atoms with van der Waals surface area (Å²) in [6, 6.07) is 6.30. The van der Waals surface area contributed by atoms with Gasteiger partial charge in [0.25, 0.3) is 0 Å². The highest BCUT2D eigenvalue weighted by Gasteiger charge is 2.13. The summed E-state index contributed by atoms with van der Waals surface area (Å²) in [4.78, 5) is 22.4. The summed E-state index contributed by atoms with van der Waals surface area (Å²) in [7, 11) is -3.65. The molecule has 0 aliphatic rings. The second-order valence-electron chi connectivity index (χ2n) is 4.53. The Morgan fingerprint density at radius 1 is 1.27 bits per heavy atom. The minimum absolute atomic E-state index is 0.144. The third-order valence-corrected chi connectivity index (χ3v) is 3.79. The van der Waals surface area contributed by atoms with Crippen LogP contribution < -0.4 is 15.4 Å². The number of sulfonamides is 1. The average Bonchev–Trinajstić information content (AvgIpc) is 2.42. The molecule has 0 spiro atoms. The quantitative estimate of drug-likeness (QED) is 0.622. The normalized spacial score (nSPS) is 10.6. The third kappa shape index (κ3) is 6.89. The number of amides is 2. The molecular formula is C14H19N3O4S. The maximum atomic E-state index is 11.9. The summed E-state index contributed by atoms with van der Waals surface area (Å²) < 4.78 is 26.2. The monoisotopic (exact) mass is 325 g/mol. The van der Waals surface area contributed by atoms with Crippen molar-refractivity contribution in [1.29, 1.82) is 0 Å².